The van der Waals surface area contributed by atoms with Gasteiger partial charge in [0.1, 0.15) is 17.7 Å². The topological polar surface area (TPSA) is 351 Å². The van der Waals surface area contributed by atoms with Crippen molar-refractivity contribution < 1.29 is 43.4 Å². The minimum absolute atomic E-state index is 0.0872. The van der Waals surface area contributed by atoms with Gasteiger partial charge in [-0.05, 0) is 245 Å². The van der Waals surface area contributed by atoms with Crippen molar-refractivity contribution in [3.8, 4) is 33.9 Å². The Morgan fingerprint density at radius 2 is 1.27 bits per heavy atom. The highest BCUT2D eigenvalue weighted by Gasteiger charge is 2.37. The van der Waals surface area contributed by atoms with Gasteiger partial charge in [-0.1, -0.05) is 58.4 Å². The Labute approximate surface area is 573 Å². The van der Waals surface area contributed by atoms with Gasteiger partial charge in [0.15, 0.2) is 11.6 Å². The maximum Gasteiger partial charge on any atom is 0.407 e. The second-order valence-corrected chi connectivity index (χ2v) is 27.8. The molecule has 25 nitrogen and oxygen atoms in total. The lowest BCUT2D eigenvalue weighted by atomic mass is 9.81. The molecule has 7 amide bonds. The zero-order valence-corrected chi connectivity index (χ0v) is 57.7. The predicted octanol–water partition coefficient (Wildman–Crippen LogP) is 9.88. The summed E-state index contributed by atoms with van der Waals surface area (Å²) in [5.41, 5.74) is 14.3. The third kappa shape index (κ3) is 20.6. The largest absolute Gasteiger partial charge is 0.465 e. The van der Waals surface area contributed by atoms with Crippen LogP contribution in [0.5, 0.6) is 0 Å². The van der Waals surface area contributed by atoms with Crippen LogP contribution in [0, 0.1) is 37.5 Å². The number of alkyl carbamates (subject to hydrolysis) is 1. The van der Waals surface area contributed by atoms with Crippen LogP contribution in [-0.2, 0) is 36.8 Å². The molecule has 1 aliphatic heterocycles. The molecule has 2 aliphatic carbocycles. The molecule has 3 fully saturated rings. The molecular weight excluding hydrogens is 1300 g/mol. The molecule has 10 N–H and O–H groups in total. The predicted molar refractivity (Wildman–Crippen MR) is 372 cm³/mol. The number of aromatic nitrogens is 8. The molecule has 5 aromatic carbocycles. The number of H-pyrrole nitrogens is 2. The molecule has 3 aliphatic rings. The van der Waals surface area contributed by atoms with Crippen LogP contribution in [-0.4, -0.2) is 149 Å². The number of nitrogens with two attached hydrogens (primary N) is 1. The summed E-state index contributed by atoms with van der Waals surface area (Å²) in [5, 5.41) is 51.3. The number of rotatable bonds is 22. The number of tetrazole rings is 2. The number of likely N-dealkylation sites (tertiary alicyclic amines) is 1. The van der Waals surface area contributed by atoms with E-state index in [0.717, 1.165) is 101 Å². The van der Waals surface area contributed by atoms with E-state index in [1.165, 1.54) is 0 Å². The van der Waals surface area contributed by atoms with E-state index in [1.54, 1.807) is 53.4 Å². The number of carbonyl (C=O) groups excluding carboxylic acids is 6. The van der Waals surface area contributed by atoms with Gasteiger partial charge < -0.3 is 47.1 Å². The quantitative estimate of drug-likeness (QED) is 0.0305. The number of carboxylic acid groups (broad SMARTS) is 1. The summed E-state index contributed by atoms with van der Waals surface area (Å²) in [7, 11) is 0. The number of anilines is 2. The fraction of sp³-hybridized carbons (Fsp3) is 0.451. The normalized spacial score (nSPS) is 18.1. The van der Waals surface area contributed by atoms with Crippen molar-refractivity contribution >= 4 is 69.0 Å². The summed E-state index contributed by atoms with van der Waals surface area (Å²) in [6.45, 7) is 16.7. The maximum absolute atomic E-state index is 14.2. The zero-order valence-electron chi connectivity index (χ0n) is 56.1. The van der Waals surface area contributed by atoms with Crippen molar-refractivity contribution in [2.45, 2.75) is 155 Å². The Bertz CT molecular complexity index is 3800. The average molecular weight is 1390 g/mol. The van der Waals surface area contributed by atoms with E-state index >= 15 is 0 Å². The number of nitrogens with zero attached hydrogens (tertiary/aromatic N) is 8. The summed E-state index contributed by atoms with van der Waals surface area (Å²) in [4.78, 5) is 95.2. The molecule has 3 heterocycles. The number of aromatic amines is 2. The summed E-state index contributed by atoms with van der Waals surface area (Å²) in [5.74, 6) is -0.527. The van der Waals surface area contributed by atoms with Gasteiger partial charge in [0.05, 0.1) is 0 Å². The van der Waals surface area contributed by atoms with Gasteiger partial charge >= 0.3 is 12.2 Å². The lowest BCUT2D eigenvalue weighted by Gasteiger charge is -2.36. The van der Waals surface area contributed by atoms with Crippen LogP contribution in [0.15, 0.2) is 114 Å². The fourth-order valence-electron chi connectivity index (χ4n) is 12.8. The Hall–Kier alpha value is -9.43. The highest BCUT2D eigenvalue weighted by Crippen LogP contribution is 2.35. The molecule has 2 saturated carbocycles. The number of aryl methyl sites for hydroxylation is 2. The van der Waals surface area contributed by atoms with Gasteiger partial charge in [0.25, 0.3) is 5.91 Å². The molecule has 7 aromatic rings. The smallest absolute Gasteiger partial charge is 0.407 e. The third-order valence-corrected chi connectivity index (χ3v) is 19.2. The first-order valence-corrected chi connectivity index (χ1v) is 34.1. The van der Waals surface area contributed by atoms with Gasteiger partial charge in [-0.3, -0.25) is 28.9 Å². The number of hydrogen-bond acceptors (Lipinski definition) is 15. The Balaban J connectivity index is 0.000000236. The second-order valence-electron chi connectivity index (χ2n) is 26.9. The van der Waals surface area contributed by atoms with E-state index in [1.807, 2.05) is 95.3 Å². The number of nitrogens with one attached hydrogen (secondary N) is 7. The highest BCUT2D eigenvalue weighted by molar-refractivity contribution is 9.10. The van der Waals surface area contributed by atoms with E-state index in [0.29, 0.717) is 73.4 Å². The maximum atomic E-state index is 14.2. The molecule has 10 rings (SSSR count). The fourth-order valence-corrected chi connectivity index (χ4v) is 13.2. The molecule has 514 valence electrons. The molecule has 2 atom stereocenters. The number of piperidine rings is 1. The molecule has 0 radical (unpaired) electrons. The van der Waals surface area contributed by atoms with Gasteiger partial charge in [-0.15, -0.1) is 10.2 Å². The summed E-state index contributed by atoms with van der Waals surface area (Å²) in [6.07, 6.45) is 6.33. The standard InChI is InChI=1S/C41H51N9O5.C30H38BrN7O4/c1-25(2)50-19-17-34(18-20-50)43-39(52)32-6-4-5-31(23-32)35-21-28(8-7-26(35)3)22-36(45-38(51)30-11-9-27(10-12-30)24-42-41(54)55)40(53)44-33-15-13-29(14-16-33)37-46-48-49-47-37;1-18-5-6-20(15-24(18)31)16-25(26(32)39)38(23-13-11-21(12-14-23)27-34-36-37-35-27)28(40)22-9-7-19(8-10-22)17-33-29(41)42-30(2,3)4/h4-8,13-16,21,23,25,27,30,34,36,42H,9-12,17-20,22,24H2,1-3H3,(H,43,52)(H,44,53)(H,45,51)(H,54,55)(H,46,47,48,49);5-6,11-15,19,22,25H,7-10,16-17H2,1-4H3,(H2,32,39)(H,33,41)(H,34,35,36,37)/t27-,30-,36-;19-,22-,25-/m00/s1. The van der Waals surface area contributed by atoms with Gasteiger partial charge in [0.2, 0.25) is 23.6 Å². The van der Waals surface area contributed by atoms with Crippen LogP contribution >= 0.6 is 15.9 Å². The highest BCUT2D eigenvalue weighted by atomic mass is 79.9. The van der Waals surface area contributed by atoms with Gasteiger partial charge in [0, 0.05) is 95.5 Å². The first kappa shape index (κ1) is 71.9. The summed E-state index contributed by atoms with van der Waals surface area (Å²) >= 11 is 3.56. The van der Waals surface area contributed by atoms with Crippen LogP contribution in [0.4, 0.5) is 21.0 Å². The lowest BCUT2D eigenvalue weighted by molar-refractivity contribution is -0.130. The SMILES string of the molecule is Cc1ccc(C[C@@H](C(N)=O)N(c2ccc(-c3nnn[nH]3)cc2)C(=O)[C@H]2CC[C@H](CNC(=O)OC(C)(C)C)CC2)cc1Br.Cc1ccc(C[C@H](NC(=O)[C@H]2CC[C@H](CNC(=O)O)CC2)C(=O)Nc2ccc(-c3nnn[nH]3)cc2)cc1-c1cccc(C(=O)NC2CCN(C(C)C)CC2)c1. The molecule has 0 spiro atoms. The van der Waals surface area contributed by atoms with Crippen LogP contribution in [0.1, 0.15) is 131 Å². The Morgan fingerprint density at radius 3 is 1.82 bits per heavy atom. The van der Waals surface area contributed by atoms with E-state index in [-0.39, 0.29) is 66.2 Å². The van der Waals surface area contributed by atoms with E-state index < -0.39 is 35.8 Å². The average Bonchev–Trinajstić information content (AvgIpc) is 1.55. The van der Waals surface area contributed by atoms with Crippen LogP contribution in [0.3, 0.4) is 0 Å². The number of halogens is 1. The van der Waals surface area contributed by atoms with Crippen LogP contribution in [0.2, 0.25) is 0 Å². The third-order valence-electron chi connectivity index (χ3n) is 18.4. The molecule has 26 heteroatoms. The van der Waals surface area contributed by atoms with Crippen LogP contribution in [0.25, 0.3) is 33.9 Å². The molecule has 2 aromatic heterocycles. The number of ether oxygens (including phenoxy) is 1. The number of hydrogen-bond donors (Lipinski definition) is 9. The number of primary amides is 1. The van der Waals surface area contributed by atoms with Gasteiger partial charge in [-0.25, -0.2) is 19.8 Å². The van der Waals surface area contributed by atoms with E-state index in [4.69, 9.17) is 15.6 Å². The Morgan fingerprint density at radius 1 is 0.691 bits per heavy atom. The number of carbonyl (C=O) groups is 7. The molecule has 0 unspecified atom stereocenters. The van der Waals surface area contributed by atoms with Crippen molar-refractivity contribution in [3.05, 3.63) is 141 Å². The van der Waals surface area contributed by atoms with Gasteiger partial charge in [-0.2, -0.15) is 0 Å². The van der Waals surface area contributed by atoms with Crippen molar-refractivity contribution in [1.82, 2.24) is 67.4 Å². The second kappa shape index (κ2) is 33.5. The lowest BCUT2D eigenvalue weighted by Crippen LogP contribution is -2.52. The van der Waals surface area contributed by atoms with Crippen molar-refractivity contribution in [3.63, 3.8) is 0 Å². The molecular formula is C71H89BrN16O9. The van der Waals surface area contributed by atoms with Crippen molar-refractivity contribution in [2.75, 3.05) is 36.4 Å². The monoisotopic (exact) mass is 1390 g/mol. The first-order chi connectivity index (χ1) is 46.4. The molecule has 97 heavy (non-hydrogen) atoms. The molecule has 0 bridgehead atoms. The van der Waals surface area contributed by atoms with Crippen molar-refractivity contribution in [1.29, 1.82) is 0 Å². The minimum atomic E-state index is -1.05. The van der Waals surface area contributed by atoms with E-state index in [2.05, 4.69) is 103 Å². The number of amides is 7. The Kier molecular flexibility index (Phi) is 24.8. The van der Waals surface area contributed by atoms with Crippen LogP contribution < -0.4 is 37.2 Å². The summed E-state index contributed by atoms with van der Waals surface area (Å²) in [6, 6.07) is 32.6. The molecule has 1 saturated heterocycles. The minimum Gasteiger partial charge on any atom is -0.465 e. The van der Waals surface area contributed by atoms with E-state index in [9.17, 15) is 33.6 Å². The number of benzene rings is 5. The first-order valence-electron chi connectivity index (χ1n) is 33.3. The summed E-state index contributed by atoms with van der Waals surface area (Å²) < 4.78 is 6.26. The van der Waals surface area contributed by atoms with Crippen molar-refractivity contribution in [2.24, 2.45) is 29.4 Å². The zero-order chi connectivity index (χ0) is 69.3.